The molecule has 0 heterocycles. The van der Waals surface area contributed by atoms with E-state index < -0.39 is 9.84 Å². The zero-order valence-corrected chi connectivity index (χ0v) is 14.9. The quantitative estimate of drug-likeness (QED) is 0.697. The van der Waals surface area contributed by atoms with E-state index in [1.165, 1.54) is 12.1 Å². The van der Waals surface area contributed by atoms with Gasteiger partial charge >= 0.3 is 5.97 Å². The van der Waals surface area contributed by atoms with Crippen LogP contribution in [0.4, 0.5) is 0 Å². The van der Waals surface area contributed by atoms with Gasteiger partial charge in [0.2, 0.25) is 0 Å². The van der Waals surface area contributed by atoms with Crippen LogP contribution in [-0.2, 0) is 21.0 Å². The standard InChI is InChI=1S/C18H19ClO4S/c1-2-23-18(20)15-7-5-14(6-8-15)4-3-13-24(21,22)17-11-9-16(19)10-12-17/h5-12H,2-4,13H2,1H3. The van der Waals surface area contributed by atoms with Gasteiger partial charge in [0.15, 0.2) is 9.84 Å². The zero-order valence-electron chi connectivity index (χ0n) is 13.4. The predicted molar refractivity (Wildman–Crippen MR) is 94.2 cm³/mol. The molecule has 128 valence electrons. The molecule has 0 saturated carbocycles. The van der Waals surface area contributed by atoms with E-state index in [-0.39, 0.29) is 16.6 Å². The van der Waals surface area contributed by atoms with Gasteiger partial charge in [-0.25, -0.2) is 13.2 Å². The number of benzene rings is 2. The maximum atomic E-state index is 12.2. The fraction of sp³-hybridized carbons (Fsp3) is 0.278. The molecule has 2 aromatic carbocycles. The first kappa shape index (κ1) is 18.5. The van der Waals surface area contributed by atoms with Gasteiger partial charge in [0.1, 0.15) is 0 Å². The smallest absolute Gasteiger partial charge is 0.338 e. The molecule has 0 bridgehead atoms. The monoisotopic (exact) mass is 366 g/mol. The maximum absolute atomic E-state index is 12.2. The van der Waals surface area contributed by atoms with Gasteiger partial charge in [-0.2, -0.15) is 0 Å². The zero-order chi connectivity index (χ0) is 17.6. The van der Waals surface area contributed by atoms with Crippen LogP contribution in [0.3, 0.4) is 0 Å². The van der Waals surface area contributed by atoms with Crippen molar-refractivity contribution in [2.75, 3.05) is 12.4 Å². The molecule has 0 fully saturated rings. The molecule has 24 heavy (non-hydrogen) atoms. The first-order chi connectivity index (χ1) is 11.4. The molecule has 0 aliphatic heterocycles. The number of carbonyl (C=O) groups excluding carboxylic acids is 1. The van der Waals surface area contributed by atoms with Crippen LogP contribution in [0.5, 0.6) is 0 Å². The summed E-state index contributed by atoms with van der Waals surface area (Å²) in [5.41, 5.74) is 1.48. The van der Waals surface area contributed by atoms with Crippen molar-refractivity contribution in [2.45, 2.75) is 24.7 Å². The van der Waals surface area contributed by atoms with Crippen molar-refractivity contribution < 1.29 is 17.9 Å². The summed E-state index contributed by atoms with van der Waals surface area (Å²) in [7, 11) is -3.31. The Kier molecular flexibility index (Phi) is 6.40. The van der Waals surface area contributed by atoms with Gasteiger partial charge in [-0.1, -0.05) is 23.7 Å². The average Bonchev–Trinajstić information content (AvgIpc) is 2.56. The Labute approximate surface area is 147 Å². The van der Waals surface area contributed by atoms with Gasteiger partial charge in [-0.15, -0.1) is 0 Å². The second-order valence-electron chi connectivity index (χ2n) is 5.29. The van der Waals surface area contributed by atoms with E-state index >= 15 is 0 Å². The van der Waals surface area contributed by atoms with Crippen molar-refractivity contribution in [2.24, 2.45) is 0 Å². The molecule has 0 saturated heterocycles. The number of sulfone groups is 1. The lowest BCUT2D eigenvalue weighted by atomic mass is 10.1. The Morgan fingerprint density at radius 3 is 2.25 bits per heavy atom. The molecule has 0 amide bonds. The fourth-order valence-electron chi connectivity index (χ4n) is 2.25. The summed E-state index contributed by atoms with van der Waals surface area (Å²) >= 11 is 5.77. The highest BCUT2D eigenvalue weighted by atomic mass is 35.5. The molecular formula is C18H19ClO4S. The number of rotatable bonds is 7. The van der Waals surface area contributed by atoms with Crippen LogP contribution in [-0.4, -0.2) is 26.7 Å². The van der Waals surface area contributed by atoms with E-state index in [0.717, 1.165) is 5.56 Å². The third-order valence-electron chi connectivity index (χ3n) is 3.52. The summed E-state index contributed by atoms with van der Waals surface area (Å²) in [6.07, 6.45) is 1.12. The van der Waals surface area contributed by atoms with Crippen molar-refractivity contribution in [3.05, 3.63) is 64.7 Å². The van der Waals surface area contributed by atoms with E-state index in [1.54, 1.807) is 31.2 Å². The first-order valence-electron chi connectivity index (χ1n) is 7.67. The van der Waals surface area contributed by atoms with Crippen LogP contribution in [0.1, 0.15) is 29.3 Å². The Hall–Kier alpha value is -1.85. The van der Waals surface area contributed by atoms with Crippen LogP contribution < -0.4 is 0 Å². The Bertz CT molecular complexity index is 781. The van der Waals surface area contributed by atoms with E-state index in [0.29, 0.717) is 30.0 Å². The molecule has 0 radical (unpaired) electrons. The lowest BCUT2D eigenvalue weighted by Crippen LogP contribution is -2.08. The Morgan fingerprint density at radius 1 is 1.04 bits per heavy atom. The molecule has 0 spiro atoms. The van der Waals surface area contributed by atoms with Crippen LogP contribution in [0.25, 0.3) is 0 Å². The summed E-state index contributed by atoms with van der Waals surface area (Å²) in [6, 6.07) is 13.2. The van der Waals surface area contributed by atoms with Gasteiger partial charge in [0.05, 0.1) is 22.8 Å². The van der Waals surface area contributed by atoms with Gasteiger partial charge < -0.3 is 4.74 Å². The number of carbonyl (C=O) groups is 1. The number of esters is 1. The first-order valence-corrected chi connectivity index (χ1v) is 9.70. The molecule has 0 unspecified atom stereocenters. The highest BCUT2D eigenvalue weighted by Gasteiger charge is 2.14. The molecular weight excluding hydrogens is 348 g/mol. The Morgan fingerprint density at radius 2 is 1.67 bits per heavy atom. The van der Waals surface area contributed by atoms with Crippen LogP contribution in [0.2, 0.25) is 5.02 Å². The highest BCUT2D eigenvalue weighted by Crippen LogP contribution is 2.17. The SMILES string of the molecule is CCOC(=O)c1ccc(CCCS(=O)(=O)c2ccc(Cl)cc2)cc1. The molecule has 0 atom stereocenters. The largest absolute Gasteiger partial charge is 0.462 e. The predicted octanol–water partition coefficient (Wildman–Crippen LogP) is 3.92. The summed E-state index contributed by atoms with van der Waals surface area (Å²) in [5.74, 6) is -0.289. The van der Waals surface area contributed by atoms with Crippen molar-refractivity contribution in [3.8, 4) is 0 Å². The number of ether oxygens (including phenoxy) is 1. The molecule has 0 aromatic heterocycles. The van der Waals surface area contributed by atoms with Crippen molar-refractivity contribution in [3.63, 3.8) is 0 Å². The fourth-order valence-corrected chi connectivity index (χ4v) is 3.68. The van der Waals surface area contributed by atoms with Gasteiger partial charge in [-0.3, -0.25) is 0 Å². The topological polar surface area (TPSA) is 60.4 Å². The van der Waals surface area contributed by atoms with Crippen molar-refractivity contribution in [1.29, 1.82) is 0 Å². The van der Waals surface area contributed by atoms with E-state index in [2.05, 4.69) is 0 Å². The van der Waals surface area contributed by atoms with Crippen LogP contribution in [0.15, 0.2) is 53.4 Å². The lowest BCUT2D eigenvalue weighted by molar-refractivity contribution is 0.0526. The van der Waals surface area contributed by atoms with E-state index in [9.17, 15) is 13.2 Å². The molecule has 0 aliphatic rings. The van der Waals surface area contributed by atoms with E-state index in [1.807, 2.05) is 12.1 Å². The average molecular weight is 367 g/mol. The molecule has 2 aromatic rings. The van der Waals surface area contributed by atoms with Crippen LogP contribution in [0, 0.1) is 0 Å². The van der Waals surface area contributed by atoms with Crippen molar-refractivity contribution in [1.82, 2.24) is 0 Å². The number of hydrogen-bond donors (Lipinski definition) is 0. The highest BCUT2D eigenvalue weighted by molar-refractivity contribution is 7.91. The molecule has 0 aliphatic carbocycles. The summed E-state index contributed by atoms with van der Waals surface area (Å²) in [4.78, 5) is 11.9. The number of hydrogen-bond acceptors (Lipinski definition) is 4. The second kappa shape index (κ2) is 8.31. The third kappa shape index (κ3) is 5.08. The molecule has 0 N–H and O–H groups in total. The van der Waals surface area contributed by atoms with E-state index in [4.69, 9.17) is 16.3 Å². The minimum atomic E-state index is -3.31. The van der Waals surface area contributed by atoms with Gasteiger partial charge in [-0.05, 0) is 61.7 Å². The minimum Gasteiger partial charge on any atom is -0.462 e. The van der Waals surface area contributed by atoms with Gasteiger partial charge in [0.25, 0.3) is 0 Å². The summed E-state index contributed by atoms with van der Waals surface area (Å²) in [6.45, 7) is 2.09. The summed E-state index contributed by atoms with van der Waals surface area (Å²) in [5, 5.41) is 0.510. The number of halogens is 1. The third-order valence-corrected chi connectivity index (χ3v) is 5.58. The maximum Gasteiger partial charge on any atom is 0.338 e. The summed E-state index contributed by atoms with van der Waals surface area (Å²) < 4.78 is 29.4. The molecule has 4 nitrogen and oxygen atoms in total. The lowest BCUT2D eigenvalue weighted by Gasteiger charge is -2.06. The normalized spacial score (nSPS) is 11.2. The van der Waals surface area contributed by atoms with Gasteiger partial charge in [0, 0.05) is 5.02 Å². The minimum absolute atomic E-state index is 0.0638. The second-order valence-corrected chi connectivity index (χ2v) is 7.84. The van der Waals surface area contributed by atoms with Crippen molar-refractivity contribution >= 4 is 27.4 Å². The molecule has 2 rings (SSSR count). The van der Waals surface area contributed by atoms with Crippen LogP contribution >= 0.6 is 11.6 Å². The Balaban J connectivity index is 1.91. The molecule has 6 heteroatoms. The number of aryl methyl sites for hydroxylation is 1.